The average molecular weight is 264 g/mol. The van der Waals surface area contributed by atoms with Gasteiger partial charge >= 0.3 is 0 Å². The third kappa shape index (κ3) is 4.23. The van der Waals surface area contributed by atoms with Crippen molar-refractivity contribution in [2.45, 2.75) is 46.2 Å². The van der Waals surface area contributed by atoms with Crippen molar-refractivity contribution < 1.29 is 0 Å². The molecule has 0 amide bonds. The van der Waals surface area contributed by atoms with Crippen LogP contribution in [-0.2, 0) is 6.54 Å². The fourth-order valence-electron chi connectivity index (χ4n) is 2.82. The quantitative estimate of drug-likeness (QED) is 0.887. The van der Waals surface area contributed by atoms with Gasteiger partial charge in [-0.3, -0.25) is 4.68 Å². The van der Waals surface area contributed by atoms with Crippen LogP contribution in [0.4, 0.5) is 5.69 Å². The Morgan fingerprint density at radius 1 is 1.32 bits per heavy atom. The summed E-state index contributed by atoms with van der Waals surface area (Å²) < 4.78 is 2.04. The van der Waals surface area contributed by atoms with Gasteiger partial charge in [0.2, 0.25) is 0 Å². The molecule has 2 rings (SSSR count). The van der Waals surface area contributed by atoms with Crippen molar-refractivity contribution in [2.75, 3.05) is 25.5 Å². The molecule has 108 valence electrons. The second kappa shape index (κ2) is 6.42. The fraction of sp³-hybridized carbons (Fsp3) is 0.800. The number of anilines is 1. The Morgan fingerprint density at radius 2 is 2.00 bits per heavy atom. The Morgan fingerprint density at radius 3 is 2.63 bits per heavy atom. The zero-order valence-corrected chi connectivity index (χ0v) is 12.8. The van der Waals surface area contributed by atoms with Crippen molar-refractivity contribution in [1.82, 2.24) is 14.7 Å². The van der Waals surface area contributed by atoms with E-state index < -0.39 is 0 Å². The molecule has 1 atom stereocenters. The van der Waals surface area contributed by atoms with Crippen molar-refractivity contribution in [2.24, 2.45) is 11.8 Å². The molecule has 0 saturated carbocycles. The molecule has 0 aromatic carbocycles. The van der Waals surface area contributed by atoms with E-state index in [2.05, 4.69) is 49.3 Å². The molecule has 0 unspecified atom stereocenters. The SMILES string of the molecule is CC(C)Cn1cc(N[C@H](C)C2CCN(C)CC2)cn1. The maximum Gasteiger partial charge on any atom is 0.0728 e. The Kier molecular flexibility index (Phi) is 4.86. The lowest BCUT2D eigenvalue weighted by Crippen LogP contribution is -2.37. The molecule has 4 heteroatoms. The number of nitrogens with one attached hydrogen (secondary N) is 1. The van der Waals surface area contributed by atoms with E-state index in [0.717, 1.165) is 18.2 Å². The van der Waals surface area contributed by atoms with Crippen LogP contribution in [0.15, 0.2) is 12.4 Å². The predicted octanol–water partition coefficient (Wildman–Crippen LogP) is 2.68. The van der Waals surface area contributed by atoms with Crippen LogP contribution >= 0.6 is 0 Å². The van der Waals surface area contributed by atoms with E-state index in [1.54, 1.807) is 0 Å². The average Bonchev–Trinajstić information content (AvgIpc) is 2.76. The summed E-state index contributed by atoms with van der Waals surface area (Å²) in [7, 11) is 2.21. The molecule has 4 nitrogen and oxygen atoms in total. The van der Waals surface area contributed by atoms with Crippen molar-refractivity contribution in [3.8, 4) is 0 Å². The summed E-state index contributed by atoms with van der Waals surface area (Å²) in [5, 5.41) is 8.03. The zero-order chi connectivity index (χ0) is 13.8. The Hall–Kier alpha value is -1.03. The maximum atomic E-state index is 4.41. The van der Waals surface area contributed by atoms with Crippen LogP contribution in [0.25, 0.3) is 0 Å². The summed E-state index contributed by atoms with van der Waals surface area (Å²) in [6, 6.07) is 0.533. The van der Waals surface area contributed by atoms with Crippen LogP contribution in [0.3, 0.4) is 0 Å². The van der Waals surface area contributed by atoms with Crippen LogP contribution in [0.1, 0.15) is 33.6 Å². The molecule has 1 aromatic heterocycles. The largest absolute Gasteiger partial charge is 0.380 e. The third-order valence-electron chi connectivity index (χ3n) is 4.05. The molecule has 1 N–H and O–H groups in total. The van der Waals surface area contributed by atoms with Crippen LogP contribution in [0.2, 0.25) is 0 Å². The monoisotopic (exact) mass is 264 g/mol. The highest BCUT2D eigenvalue weighted by atomic mass is 15.3. The standard InChI is InChI=1S/C15H28N4/c1-12(2)10-19-11-15(9-16-19)17-13(3)14-5-7-18(4)8-6-14/h9,11-14,17H,5-8,10H2,1-4H3/t13-/m1/s1. The van der Waals surface area contributed by atoms with Gasteiger partial charge in [0.1, 0.15) is 0 Å². The van der Waals surface area contributed by atoms with Gasteiger partial charge in [-0.15, -0.1) is 0 Å². The highest BCUT2D eigenvalue weighted by Gasteiger charge is 2.22. The van der Waals surface area contributed by atoms with Crippen molar-refractivity contribution >= 4 is 5.69 Å². The molecular formula is C15H28N4. The summed E-state index contributed by atoms with van der Waals surface area (Å²) in [6.45, 7) is 10.2. The van der Waals surface area contributed by atoms with Gasteiger partial charge in [-0.1, -0.05) is 13.8 Å². The van der Waals surface area contributed by atoms with Crippen molar-refractivity contribution in [1.29, 1.82) is 0 Å². The first-order valence-electron chi connectivity index (χ1n) is 7.52. The Balaban J connectivity index is 1.84. The first-order chi connectivity index (χ1) is 9.04. The normalized spacial score (nSPS) is 19.8. The van der Waals surface area contributed by atoms with Gasteiger partial charge in [-0.2, -0.15) is 5.10 Å². The van der Waals surface area contributed by atoms with Gasteiger partial charge < -0.3 is 10.2 Å². The number of aromatic nitrogens is 2. The smallest absolute Gasteiger partial charge is 0.0728 e. The van der Waals surface area contributed by atoms with E-state index in [-0.39, 0.29) is 0 Å². The molecule has 1 aromatic rings. The number of piperidine rings is 1. The minimum atomic E-state index is 0.533. The maximum absolute atomic E-state index is 4.41. The van der Waals surface area contributed by atoms with E-state index in [9.17, 15) is 0 Å². The molecule has 1 fully saturated rings. The fourth-order valence-corrected chi connectivity index (χ4v) is 2.82. The first-order valence-corrected chi connectivity index (χ1v) is 7.52. The van der Waals surface area contributed by atoms with Gasteiger partial charge in [-0.05, 0) is 51.7 Å². The lowest BCUT2D eigenvalue weighted by molar-refractivity contribution is 0.208. The molecule has 0 radical (unpaired) electrons. The highest BCUT2D eigenvalue weighted by Crippen LogP contribution is 2.22. The number of hydrogen-bond acceptors (Lipinski definition) is 3. The van der Waals surface area contributed by atoms with E-state index >= 15 is 0 Å². The molecule has 0 aliphatic carbocycles. The summed E-state index contributed by atoms with van der Waals surface area (Å²) in [5.74, 6) is 1.42. The molecule has 1 aliphatic rings. The summed E-state index contributed by atoms with van der Waals surface area (Å²) in [5.41, 5.74) is 1.16. The van der Waals surface area contributed by atoms with E-state index in [1.807, 2.05) is 10.9 Å². The van der Waals surface area contributed by atoms with Gasteiger partial charge in [-0.25, -0.2) is 0 Å². The lowest BCUT2D eigenvalue weighted by atomic mass is 9.90. The molecule has 1 saturated heterocycles. The Labute approximate surface area is 117 Å². The van der Waals surface area contributed by atoms with Gasteiger partial charge in [0.05, 0.1) is 11.9 Å². The number of nitrogens with zero attached hydrogens (tertiary/aromatic N) is 3. The van der Waals surface area contributed by atoms with Gasteiger partial charge in [0, 0.05) is 18.8 Å². The predicted molar refractivity (Wildman–Crippen MR) is 80.4 cm³/mol. The molecular weight excluding hydrogens is 236 g/mol. The van der Waals surface area contributed by atoms with Crippen LogP contribution in [0, 0.1) is 11.8 Å². The summed E-state index contributed by atoms with van der Waals surface area (Å²) in [6.07, 6.45) is 6.68. The summed E-state index contributed by atoms with van der Waals surface area (Å²) >= 11 is 0. The van der Waals surface area contributed by atoms with Gasteiger partial charge in [0.25, 0.3) is 0 Å². The van der Waals surface area contributed by atoms with Crippen LogP contribution in [-0.4, -0.2) is 40.9 Å². The van der Waals surface area contributed by atoms with Crippen LogP contribution < -0.4 is 5.32 Å². The number of hydrogen-bond donors (Lipinski definition) is 1. The molecule has 19 heavy (non-hydrogen) atoms. The van der Waals surface area contributed by atoms with Crippen molar-refractivity contribution in [3.05, 3.63) is 12.4 Å². The van der Waals surface area contributed by atoms with Crippen LogP contribution in [0.5, 0.6) is 0 Å². The van der Waals surface area contributed by atoms with E-state index in [4.69, 9.17) is 0 Å². The highest BCUT2D eigenvalue weighted by molar-refractivity contribution is 5.39. The van der Waals surface area contributed by atoms with E-state index in [1.165, 1.54) is 25.9 Å². The molecule has 2 heterocycles. The second-order valence-corrected chi connectivity index (χ2v) is 6.42. The Bertz CT molecular complexity index is 377. The number of likely N-dealkylation sites (tertiary alicyclic amines) is 1. The topological polar surface area (TPSA) is 33.1 Å². The molecule has 1 aliphatic heterocycles. The second-order valence-electron chi connectivity index (χ2n) is 6.42. The number of rotatable bonds is 5. The summed E-state index contributed by atoms with van der Waals surface area (Å²) in [4.78, 5) is 2.42. The van der Waals surface area contributed by atoms with E-state index in [0.29, 0.717) is 12.0 Å². The molecule has 0 bridgehead atoms. The molecule has 0 spiro atoms. The zero-order valence-electron chi connectivity index (χ0n) is 12.8. The first kappa shape index (κ1) is 14.4. The third-order valence-corrected chi connectivity index (χ3v) is 4.05. The lowest BCUT2D eigenvalue weighted by Gasteiger charge is -2.33. The minimum Gasteiger partial charge on any atom is -0.380 e. The van der Waals surface area contributed by atoms with Crippen molar-refractivity contribution in [3.63, 3.8) is 0 Å². The van der Waals surface area contributed by atoms with Gasteiger partial charge in [0.15, 0.2) is 0 Å². The minimum absolute atomic E-state index is 0.533.